The largest absolute Gasteiger partial charge is 0.419 e. The second-order valence-corrected chi connectivity index (χ2v) is 6.05. The summed E-state index contributed by atoms with van der Waals surface area (Å²) >= 11 is 1.17. The first-order valence-electron chi connectivity index (χ1n) is 6.51. The fraction of sp³-hybridized carbons (Fsp3) is 0.462. The Morgan fingerprint density at radius 1 is 1.30 bits per heavy atom. The first kappa shape index (κ1) is 20.2. The molecule has 1 saturated heterocycles. The average molecular weight is 392 g/mol. The van der Waals surface area contributed by atoms with E-state index in [4.69, 9.17) is 0 Å². The van der Waals surface area contributed by atoms with Crippen LogP contribution in [0.25, 0.3) is 10.2 Å². The summed E-state index contributed by atoms with van der Waals surface area (Å²) < 4.78 is 52.1. The molecule has 3 nitrogen and oxygen atoms in total. The zero-order chi connectivity index (χ0) is 15.2. The second-order valence-electron chi connectivity index (χ2n) is 5.04. The molecule has 1 fully saturated rings. The molecule has 1 atom stereocenters. The molecule has 23 heavy (non-hydrogen) atoms. The molecule has 1 aromatic heterocycles. The SMILES string of the molecule is C[C@@H]1CNCCN1c1nc2cc(F)c(C(F)(F)F)cc2s1.Cl.Cl. The minimum atomic E-state index is -4.69. The van der Waals surface area contributed by atoms with Gasteiger partial charge in [0.2, 0.25) is 0 Å². The molecule has 1 aliphatic heterocycles. The maximum absolute atomic E-state index is 13.6. The van der Waals surface area contributed by atoms with Crippen molar-refractivity contribution in [2.75, 3.05) is 24.5 Å². The number of nitrogens with one attached hydrogen (secondary N) is 1. The normalized spacial score (nSPS) is 18.5. The zero-order valence-electron chi connectivity index (χ0n) is 12.0. The number of halogens is 6. The Morgan fingerprint density at radius 3 is 2.61 bits per heavy atom. The fourth-order valence-electron chi connectivity index (χ4n) is 2.40. The topological polar surface area (TPSA) is 28.2 Å². The third-order valence-electron chi connectivity index (χ3n) is 3.52. The van der Waals surface area contributed by atoms with Crippen LogP contribution >= 0.6 is 36.2 Å². The van der Waals surface area contributed by atoms with Crippen molar-refractivity contribution in [2.45, 2.75) is 19.1 Å². The molecule has 0 aliphatic carbocycles. The number of aromatic nitrogens is 1. The van der Waals surface area contributed by atoms with Gasteiger partial charge >= 0.3 is 6.18 Å². The van der Waals surface area contributed by atoms with E-state index < -0.39 is 17.6 Å². The minimum absolute atomic E-state index is 0. The predicted octanol–water partition coefficient (Wildman–Crippen LogP) is 4.10. The van der Waals surface area contributed by atoms with Gasteiger partial charge < -0.3 is 10.2 Å². The minimum Gasteiger partial charge on any atom is -0.343 e. The predicted molar refractivity (Wildman–Crippen MR) is 88.8 cm³/mol. The van der Waals surface area contributed by atoms with E-state index >= 15 is 0 Å². The quantitative estimate of drug-likeness (QED) is 0.741. The zero-order valence-corrected chi connectivity index (χ0v) is 14.4. The smallest absolute Gasteiger partial charge is 0.343 e. The molecule has 1 aliphatic rings. The van der Waals surface area contributed by atoms with Gasteiger partial charge in [0.15, 0.2) is 5.13 Å². The van der Waals surface area contributed by atoms with Crippen LogP contribution < -0.4 is 10.2 Å². The maximum Gasteiger partial charge on any atom is 0.419 e. The molecule has 0 unspecified atom stereocenters. The van der Waals surface area contributed by atoms with E-state index in [1.54, 1.807) is 0 Å². The third kappa shape index (κ3) is 3.99. The Labute approximate surface area is 146 Å². The summed E-state index contributed by atoms with van der Waals surface area (Å²) in [7, 11) is 0. The fourth-order valence-corrected chi connectivity index (χ4v) is 3.52. The summed E-state index contributed by atoms with van der Waals surface area (Å²) in [6, 6.07) is 1.91. The highest BCUT2D eigenvalue weighted by Gasteiger charge is 2.35. The van der Waals surface area contributed by atoms with E-state index in [9.17, 15) is 17.6 Å². The summed E-state index contributed by atoms with van der Waals surface area (Å²) in [4.78, 5) is 6.31. The Balaban J connectivity index is 0.00000132. The molecular weight excluding hydrogens is 377 g/mol. The lowest BCUT2D eigenvalue weighted by atomic mass is 10.2. The van der Waals surface area contributed by atoms with Crippen LogP contribution in [0.3, 0.4) is 0 Å². The molecule has 10 heteroatoms. The molecule has 130 valence electrons. The van der Waals surface area contributed by atoms with Crippen LogP contribution in [0.15, 0.2) is 12.1 Å². The molecule has 0 bridgehead atoms. The molecule has 3 rings (SSSR count). The number of piperazine rings is 1. The number of thiazole rings is 1. The molecule has 1 N–H and O–H groups in total. The Morgan fingerprint density at radius 2 is 2.00 bits per heavy atom. The van der Waals surface area contributed by atoms with Gasteiger partial charge in [-0.25, -0.2) is 9.37 Å². The van der Waals surface area contributed by atoms with Crippen molar-refractivity contribution in [2.24, 2.45) is 0 Å². The lowest BCUT2D eigenvalue weighted by Gasteiger charge is -2.33. The standard InChI is InChI=1S/C13H13F4N3S.2ClH/c1-7-6-18-2-3-20(7)12-19-10-5-9(14)8(13(15,16)17)4-11(10)21-12;;/h4-5,7,18H,2-3,6H2,1H3;2*1H/t7-;;/m1../s1. The number of anilines is 1. The van der Waals surface area contributed by atoms with Gasteiger partial charge in [0.25, 0.3) is 0 Å². The van der Waals surface area contributed by atoms with Gasteiger partial charge in [0.05, 0.1) is 15.8 Å². The molecule has 0 saturated carbocycles. The number of hydrogen-bond acceptors (Lipinski definition) is 4. The van der Waals surface area contributed by atoms with Crippen molar-refractivity contribution in [1.82, 2.24) is 10.3 Å². The van der Waals surface area contributed by atoms with Gasteiger partial charge in [0, 0.05) is 31.7 Å². The molecule has 0 radical (unpaired) electrons. The van der Waals surface area contributed by atoms with E-state index in [1.807, 2.05) is 11.8 Å². The highest BCUT2D eigenvalue weighted by Crippen LogP contribution is 2.37. The van der Waals surface area contributed by atoms with Crippen LogP contribution in [0.5, 0.6) is 0 Å². The van der Waals surface area contributed by atoms with Crippen molar-refractivity contribution in [3.05, 3.63) is 23.5 Å². The van der Waals surface area contributed by atoms with Crippen LogP contribution in [0.4, 0.5) is 22.7 Å². The van der Waals surface area contributed by atoms with E-state index in [1.165, 1.54) is 11.3 Å². The Hall–Kier alpha value is -0.830. The third-order valence-corrected chi connectivity index (χ3v) is 4.57. The van der Waals surface area contributed by atoms with Crippen molar-refractivity contribution in [1.29, 1.82) is 0 Å². The number of alkyl halides is 3. The van der Waals surface area contributed by atoms with Gasteiger partial charge in [-0.2, -0.15) is 13.2 Å². The summed E-state index contributed by atoms with van der Waals surface area (Å²) in [5, 5.41) is 3.87. The van der Waals surface area contributed by atoms with Gasteiger partial charge in [-0.3, -0.25) is 0 Å². The van der Waals surface area contributed by atoms with Crippen LogP contribution in [0.2, 0.25) is 0 Å². The first-order chi connectivity index (χ1) is 9.86. The summed E-state index contributed by atoms with van der Waals surface area (Å²) in [5.74, 6) is -1.28. The molecule has 0 amide bonds. The molecule has 0 spiro atoms. The van der Waals surface area contributed by atoms with Crippen molar-refractivity contribution < 1.29 is 17.6 Å². The molecular formula is C13H15Cl2F4N3S. The van der Waals surface area contributed by atoms with Crippen molar-refractivity contribution >= 4 is 51.5 Å². The highest BCUT2D eigenvalue weighted by molar-refractivity contribution is 7.22. The van der Waals surface area contributed by atoms with E-state index in [0.717, 1.165) is 31.8 Å². The second kappa shape index (κ2) is 7.38. The van der Waals surface area contributed by atoms with Gasteiger partial charge in [-0.05, 0) is 13.0 Å². The summed E-state index contributed by atoms with van der Waals surface area (Å²) in [6.45, 7) is 4.33. The summed E-state index contributed by atoms with van der Waals surface area (Å²) in [5.41, 5.74) is -0.968. The lowest BCUT2D eigenvalue weighted by molar-refractivity contribution is -0.139. The monoisotopic (exact) mass is 391 g/mol. The lowest BCUT2D eigenvalue weighted by Crippen LogP contribution is -2.49. The van der Waals surface area contributed by atoms with Gasteiger partial charge in [0.1, 0.15) is 5.82 Å². The summed E-state index contributed by atoms with van der Waals surface area (Å²) in [6.07, 6.45) is -4.69. The van der Waals surface area contributed by atoms with Gasteiger partial charge in [-0.15, -0.1) is 24.8 Å². The van der Waals surface area contributed by atoms with Crippen LogP contribution in [-0.2, 0) is 6.18 Å². The number of rotatable bonds is 1. The van der Waals surface area contributed by atoms with Crippen LogP contribution in [0.1, 0.15) is 12.5 Å². The number of benzene rings is 1. The first-order valence-corrected chi connectivity index (χ1v) is 7.32. The Bertz CT molecular complexity index is 677. The van der Waals surface area contributed by atoms with Crippen molar-refractivity contribution in [3.8, 4) is 0 Å². The van der Waals surface area contributed by atoms with Crippen molar-refractivity contribution in [3.63, 3.8) is 0 Å². The molecule has 2 aromatic rings. The van der Waals surface area contributed by atoms with Crippen LogP contribution in [0, 0.1) is 5.82 Å². The number of nitrogens with zero attached hydrogens (tertiary/aromatic N) is 2. The van der Waals surface area contributed by atoms with Gasteiger partial charge in [-0.1, -0.05) is 11.3 Å². The Kier molecular flexibility index (Phi) is 6.48. The van der Waals surface area contributed by atoms with E-state index in [2.05, 4.69) is 10.3 Å². The maximum atomic E-state index is 13.6. The molecule has 2 heterocycles. The average Bonchev–Trinajstić information content (AvgIpc) is 2.79. The molecule has 1 aromatic carbocycles. The van der Waals surface area contributed by atoms with E-state index in [0.29, 0.717) is 9.83 Å². The van der Waals surface area contributed by atoms with Crippen LogP contribution in [-0.4, -0.2) is 30.7 Å². The number of fused-ring (bicyclic) bond motifs is 1. The van der Waals surface area contributed by atoms with E-state index in [-0.39, 0.29) is 36.4 Å². The number of hydrogen-bond donors (Lipinski definition) is 1. The highest BCUT2D eigenvalue weighted by atomic mass is 35.5.